The van der Waals surface area contributed by atoms with E-state index in [9.17, 15) is 0 Å². The lowest BCUT2D eigenvalue weighted by molar-refractivity contribution is 0.317. The van der Waals surface area contributed by atoms with Gasteiger partial charge >= 0.3 is 0 Å². The molecule has 1 fully saturated rings. The van der Waals surface area contributed by atoms with Crippen LogP contribution in [0.25, 0.3) is 0 Å². The molecule has 0 radical (unpaired) electrons. The van der Waals surface area contributed by atoms with Gasteiger partial charge in [-0.15, -0.1) is 0 Å². The average molecular weight is 169 g/mol. The first kappa shape index (κ1) is 3.11. The third-order valence-electron chi connectivity index (χ3n) is 2.07. The summed E-state index contributed by atoms with van der Waals surface area (Å²) in [6.07, 6.45) is 0.497. The van der Waals surface area contributed by atoms with Crippen LogP contribution in [-0.4, -0.2) is 23.4 Å². The SMILES string of the molecule is [2H]c1nc([2H])c(C2CCCN2C([2H])([2H])[2H])c([2H])c1[2H]. The summed E-state index contributed by atoms with van der Waals surface area (Å²) in [6.45, 7) is -1.92. The second-order valence-corrected chi connectivity index (χ2v) is 2.85. The van der Waals surface area contributed by atoms with E-state index in [-0.39, 0.29) is 23.8 Å². The Morgan fingerprint density at radius 1 is 1.83 bits per heavy atom. The minimum Gasteiger partial charge on any atom is -0.299 e. The summed E-state index contributed by atoms with van der Waals surface area (Å²) in [7, 11) is 0. The zero-order valence-electron chi connectivity index (χ0n) is 13.6. The van der Waals surface area contributed by atoms with Crippen LogP contribution in [0, 0.1) is 0 Å². The maximum Gasteiger partial charge on any atom is 0.0843 e. The molecule has 2 rings (SSSR count). The quantitative estimate of drug-likeness (QED) is 0.638. The normalized spacial score (nSPS) is 34.0. The van der Waals surface area contributed by atoms with Crippen molar-refractivity contribution in [3.63, 3.8) is 0 Å². The average Bonchev–Trinajstić information content (AvgIpc) is 2.74. The predicted octanol–water partition coefficient (Wildman–Crippen LogP) is 1.85. The maximum atomic E-state index is 7.86. The Bertz CT molecular complexity index is 500. The van der Waals surface area contributed by atoms with Gasteiger partial charge < -0.3 is 0 Å². The fraction of sp³-hybridized carbons (Fsp3) is 0.500. The minimum absolute atomic E-state index is 0.148. The Morgan fingerprint density at radius 3 is 3.75 bits per heavy atom. The first-order chi connectivity index (χ1) is 8.73. The topological polar surface area (TPSA) is 16.1 Å². The van der Waals surface area contributed by atoms with Gasteiger partial charge in [-0.1, -0.05) is 6.04 Å². The molecule has 1 aliphatic heterocycles. The summed E-state index contributed by atoms with van der Waals surface area (Å²) in [5.74, 6) is 0. The molecule has 2 nitrogen and oxygen atoms in total. The molecule has 2 heteroatoms. The van der Waals surface area contributed by atoms with E-state index in [0.29, 0.717) is 19.4 Å². The van der Waals surface area contributed by atoms with Crippen LogP contribution in [0.5, 0.6) is 0 Å². The predicted molar refractivity (Wildman–Crippen MR) is 48.8 cm³/mol. The molecule has 1 atom stereocenters. The van der Waals surface area contributed by atoms with Crippen LogP contribution in [0.3, 0.4) is 0 Å². The van der Waals surface area contributed by atoms with Crippen molar-refractivity contribution in [3.8, 4) is 0 Å². The zero-order valence-corrected chi connectivity index (χ0v) is 6.59. The third kappa shape index (κ3) is 1.34. The first-order valence-electron chi connectivity index (χ1n) is 7.44. The van der Waals surface area contributed by atoms with Gasteiger partial charge in [-0.3, -0.25) is 9.88 Å². The van der Waals surface area contributed by atoms with Crippen LogP contribution in [0.2, 0.25) is 0 Å². The minimum atomic E-state index is -2.29. The highest BCUT2D eigenvalue weighted by atomic mass is 15.1. The molecular weight excluding hydrogens is 148 g/mol. The van der Waals surface area contributed by atoms with E-state index in [1.165, 1.54) is 4.90 Å². The highest BCUT2D eigenvalue weighted by molar-refractivity contribution is 5.14. The molecule has 0 aromatic carbocycles. The van der Waals surface area contributed by atoms with Crippen molar-refractivity contribution >= 4 is 0 Å². The van der Waals surface area contributed by atoms with E-state index in [4.69, 9.17) is 9.60 Å². The lowest BCUT2D eigenvalue weighted by Gasteiger charge is -2.18. The third-order valence-corrected chi connectivity index (χ3v) is 2.07. The van der Waals surface area contributed by atoms with E-state index in [0.717, 1.165) is 0 Å². The standard InChI is InChI=1S/C10H14N2/c1-12-7-3-5-10(12)9-4-2-6-11-8-9/h2,4,6,8,10H,3,5,7H2,1H3/i1D3,2D,4D,6D,8D. The number of likely N-dealkylation sites (tertiary alicyclic amines) is 1. The molecule has 0 aliphatic carbocycles. The number of hydrogen-bond donors (Lipinski definition) is 0. The van der Waals surface area contributed by atoms with Crippen LogP contribution in [0.15, 0.2) is 24.4 Å². The Morgan fingerprint density at radius 2 is 2.83 bits per heavy atom. The molecule has 1 saturated heterocycles. The molecule has 0 amide bonds. The smallest absolute Gasteiger partial charge is 0.0843 e. The molecule has 1 unspecified atom stereocenters. The molecule has 0 N–H and O–H groups in total. The van der Waals surface area contributed by atoms with Gasteiger partial charge in [0, 0.05) is 22.5 Å². The second-order valence-electron chi connectivity index (χ2n) is 2.85. The molecule has 1 aromatic heterocycles. The van der Waals surface area contributed by atoms with Gasteiger partial charge in [-0.25, -0.2) is 0 Å². The van der Waals surface area contributed by atoms with Crippen molar-refractivity contribution in [1.82, 2.24) is 9.88 Å². The van der Waals surface area contributed by atoms with E-state index < -0.39 is 19.2 Å². The van der Waals surface area contributed by atoms with Gasteiger partial charge in [0.15, 0.2) is 0 Å². The molecule has 0 bridgehead atoms. The number of pyridine rings is 1. The fourth-order valence-electron chi connectivity index (χ4n) is 1.46. The fourth-order valence-corrected chi connectivity index (χ4v) is 1.46. The van der Waals surface area contributed by atoms with Crippen LogP contribution in [0.4, 0.5) is 0 Å². The Labute approximate surface area is 83.1 Å². The summed E-state index contributed by atoms with van der Waals surface area (Å²) >= 11 is 0. The van der Waals surface area contributed by atoms with Crippen LogP contribution >= 0.6 is 0 Å². The van der Waals surface area contributed by atoms with Gasteiger partial charge in [0.2, 0.25) is 0 Å². The van der Waals surface area contributed by atoms with Gasteiger partial charge in [-0.05, 0) is 38.0 Å². The van der Waals surface area contributed by atoms with E-state index in [1.54, 1.807) is 0 Å². The summed E-state index contributed by atoms with van der Waals surface area (Å²) in [5, 5.41) is 0. The van der Waals surface area contributed by atoms with Crippen molar-refractivity contribution < 1.29 is 9.60 Å². The Balaban J connectivity index is 2.50. The molecule has 2 heterocycles. The Hall–Kier alpha value is -0.890. The monoisotopic (exact) mass is 169 g/mol. The van der Waals surface area contributed by atoms with Crippen molar-refractivity contribution in [2.24, 2.45) is 0 Å². The highest BCUT2D eigenvalue weighted by Crippen LogP contribution is 2.29. The highest BCUT2D eigenvalue weighted by Gasteiger charge is 2.21. The van der Waals surface area contributed by atoms with E-state index in [2.05, 4.69) is 4.98 Å². The molecule has 1 aliphatic rings. The van der Waals surface area contributed by atoms with E-state index >= 15 is 0 Å². The lowest BCUT2D eigenvalue weighted by Crippen LogP contribution is -2.17. The van der Waals surface area contributed by atoms with Crippen molar-refractivity contribution in [3.05, 3.63) is 30.0 Å². The maximum absolute atomic E-state index is 7.86. The first-order valence-corrected chi connectivity index (χ1v) is 3.94. The number of rotatable bonds is 1. The Kier molecular flexibility index (Phi) is 0.838. The second kappa shape index (κ2) is 3.23. The van der Waals surface area contributed by atoms with Crippen molar-refractivity contribution in [1.29, 1.82) is 0 Å². The lowest BCUT2D eigenvalue weighted by atomic mass is 10.1. The summed E-state index contributed by atoms with van der Waals surface area (Å²) in [6, 6.07) is -1.21. The number of hydrogen-bond acceptors (Lipinski definition) is 2. The summed E-state index contributed by atoms with van der Waals surface area (Å²) in [4.78, 5) is 4.88. The largest absolute Gasteiger partial charge is 0.299 e. The summed E-state index contributed by atoms with van der Waals surface area (Å²) < 4.78 is 53.0. The van der Waals surface area contributed by atoms with Crippen LogP contribution in [-0.2, 0) is 0 Å². The molecule has 0 spiro atoms. The van der Waals surface area contributed by atoms with Crippen molar-refractivity contribution in [2.45, 2.75) is 18.9 Å². The molecular formula is C10H14N2. The van der Waals surface area contributed by atoms with E-state index in [1.807, 2.05) is 0 Å². The van der Waals surface area contributed by atoms with Crippen molar-refractivity contribution in [2.75, 3.05) is 13.5 Å². The zero-order chi connectivity index (χ0) is 14.4. The number of nitrogens with zero attached hydrogens (tertiary/aromatic N) is 2. The van der Waals surface area contributed by atoms with Gasteiger partial charge in [0.05, 0.1) is 5.48 Å². The van der Waals surface area contributed by atoms with Crippen LogP contribution in [0.1, 0.15) is 34.0 Å². The van der Waals surface area contributed by atoms with Gasteiger partial charge in [0.1, 0.15) is 0 Å². The number of aromatic nitrogens is 1. The van der Waals surface area contributed by atoms with Gasteiger partial charge in [-0.2, -0.15) is 0 Å². The molecule has 64 valence electrons. The molecule has 0 saturated carbocycles. The van der Waals surface area contributed by atoms with Crippen LogP contribution < -0.4 is 0 Å². The molecule has 12 heavy (non-hydrogen) atoms. The summed E-state index contributed by atoms with van der Waals surface area (Å²) in [5.41, 5.74) is 0.148. The molecule has 1 aromatic rings. The van der Waals surface area contributed by atoms with Gasteiger partial charge in [0.25, 0.3) is 0 Å².